The minimum atomic E-state index is -0.407. The van der Waals surface area contributed by atoms with Crippen LogP contribution >= 0.6 is 27.5 Å². The van der Waals surface area contributed by atoms with Crippen molar-refractivity contribution in [2.75, 3.05) is 0 Å². The van der Waals surface area contributed by atoms with E-state index in [1.165, 1.54) is 6.07 Å². The van der Waals surface area contributed by atoms with Gasteiger partial charge in [-0.25, -0.2) is 14.4 Å². The molecule has 0 bridgehead atoms. The summed E-state index contributed by atoms with van der Waals surface area (Å²) in [5.74, 6) is -0.407. The summed E-state index contributed by atoms with van der Waals surface area (Å²) in [5, 5.41) is 0.377. The lowest BCUT2D eigenvalue weighted by Crippen LogP contribution is -1.89. The maximum absolute atomic E-state index is 13.2. The maximum Gasteiger partial charge on any atom is 0.198 e. The molecule has 2 rings (SSSR count). The van der Waals surface area contributed by atoms with Crippen LogP contribution in [-0.4, -0.2) is 9.97 Å². The van der Waals surface area contributed by atoms with E-state index in [2.05, 4.69) is 25.9 Å². The molecule has 2 nitrogen and oxygen atoms in total. The van der Waals surface area contributed by atoms with Gasteiger partial charge in [0.15, 0.2) is 4.73 Å². The molecule has 0 N–H and O–H groups in total. The van der Waals surface area contributed by atoms with Crippen LogP contribution in [0.25, 0.3) is 10.9 Å². The van der Waals surface area contributed by atoms with Gasteiger partial charge in [-0.05, 0) is 28.1 Å². The molecule has 0 amide bonds. The first-order valence-electron chi connectivity index (χ1n) is 3.46. The molecule has 66 valence electrons. The van der Waals surface area contributed by atoms with E-state index in [0.717, 1.165) is 0 Å². The summed E-state index contributed by atoms with van der Waals surface area (Å²) in [6, 6.07) is 4.58. The standard InChI is InChI=1S/C8H3BrClFN2/c9-8-12-5-3-1-2-4(11)6(5)7(10)13-8/h1-3H. The van der Waals surface area contributed by atoms with Crippen LogP contribution < -0.4 is 0 Å². The average Bonchev–Trinajstić information content (AvgIpc) is 2.02. The average molecular weight is 261 g/mol. The van der Waals surface area contributed by atoms with E-state index in [1.54, 1.807) is 12.1 Å². The van der Waals surface area contributed by atoms with Crippen molar-refractivity contribution < 1.29 is 4.39 Å². The molecule has 0 unspecified atom stereocenters. The third kappa shape index (κ3) is 1.51. The molecule has 0 fully saturated rings. The summed E-state index contributed by atoms with van der Waals surface area (Å²) in [4.78, 5) is 7.77. The van der Waals surface area contributed by atoms with Gasteiger partial charge < -0.3 is 0 Å². The summed E-state index contributed by atoms with van der Waals surface area (Å²) in [5.41, 5.74) is 0.492. The summed E-state index contributed by atoms with van der Waals surface area (Å²) in [6.07, 6.45) is 0. The molecule has 0 radical (unpaired) electrons. The fourth-order valence-corrected chi connectivity index (χ4v) is 1.81. The zero-order valence-corrected chi connectivity index (χ0v) is 8.60. The van der Waals surface area contributed by atoms with E-state index in [0.29, 0.717) is 10.3 Å². The van der Waals surface area contributed by atoms with Gasteiger partial charge in [-0.1, -0.05) is 17.7 Å². The number of hydrogen-bond acceptors (Lipinski definition) is 2. The zero-order chi connectivity index (χ0) is 9.42. The number of nitrogens with zero attached hydrogens (tertiary/aromatic N) is 2. The first-order chi connectivity index (χ1) is 6.18. The van der Waals surface area contributed by atoms with Crippen LogP contribution in [-0.2, 0) is 0 Å². The number of benzene rings is 1. The number of halogens is 3. The second-order valence-corrected chi connectivity index (χ2v) is 3.48. The first kappa shape index (κ1) is 8.84. The van der Waals surface area contributed by atoms with Crippen LogP contribution in [0.15, 0.2) is 22.9 Å². The SMILES string of the molecule is Fc1cccc2nc(Br)nc(Cl)c12. The van der Waals surface area contributed by atoms with Crippen molar-refractivity contribution in [3.05, 3.63) is 33.9 Å². The van der Waals surface area contributed by atoms with E-state index < -0.39 is 5.82 Å². The predicted octanol–water partition coefficient (Wildman–Crippen LogP) is 3.18. The molecule has 1 aromatic heterocycles. The summed E-state index contributed by atoms with van der Waals surface area (Å²) in [7, 11) is 0. The second kappa shape index (κ2) is 3.20. The summed E-state index contributed by atoms with van der Waals surface area (Å²) >= 11 is 8.83. The van der Waals surface area contributed by atoms with Gasteiger partial charge in [0.1, 0.15) is 11.0 Å². The number of fused-ring (bicyclic) bond motifs is 1. The molecule has 5 heteroatoms. The fraction of sp³-hybridized carbons (Fsp3) is 0. The summed E-state index contributed by atoms with van der Waals surface area (Å²) < 4.78 is 13.6. The van der Waals surface area contributed by atoms with Crippen molar-refractivity contribution in [2.45, 2.75) is 0 Å². The Labute approximate surface area is 86.9 Å². The van der Waals surface area contributed by atoms with Crippen LogP contribution in [0.4, 0.5) is 4.39 Å². The van der Waals surface area contributed by atoms with Crippen molar-refractivity contribution in [3.8, 4) is 0 Å². The molecule has 13 heavy (non-hydrogen) atoms. The van der Waals surface area contributed by atoms with Crippen molar-refractivity contribution in [3.63, 3.8) is 0 Å². The smallest absolute Gasteiger partial charge is 0.198 e. The Morgan fingerprint density at radius 2 is 2.08 bits per heavy atom. The van der Waals surface area contributed by atoms with Crippen molar-refractivity contribution in [2.24, 2.45) is 0 Å². The fourth-order valence-electron chi connectivity index (χ4n) is 1.07. The molecule has 2 aromatic rings. The van der Waals surface area contributed by atoms with Gasteiger partial charge in [0.25, 0.3) is 0 Å². The highest BCUT2D eigenvalue weighted by Gasteiger charge is 2.07. The van der Waals surface area contributed by atoms with Crippen LogP contribution in [0.3, 0.4) is 0 Å². The highest BCUT2D eigenvalue weighted by Crippen LogP contribution is 2.24. The van der Waals surface area contributed by atoms with Crippen LogP contribution in [0.1, 0.15) is 0 Å². The molecule has 0 saturated carbocycles. The lowest BCUT2D eigenvalue weighted by Gasteiger charge is -2.00. The van der Waals surface area contributed by atoms with Gasteiger partial charge in [-0.3, -0.25) is 0 Å². The van der Waals surface area contributed by atoms with Gasteiger partial charge in [-0.2, -0.15) is 0 Å². The quantitative estimate of drug-likeness (QED) is 0.538. The Balaban J connectivity index is 2.94. The second-order valence-electron chi connectivity index (χ2n) is 2.42. The van der Waals surface area contributed by atoms with Gasteiger partial charge >= 0.3 is 0 Å². The third-order valence-corrected chi connectivity index (χ3v) is 2.23. The highest BCUT2D eigenvalue weighted by molar-refractivity contribution is 9.10. The van der Waals surface area contributed by atoms with Crippen LogP contribution in [0.5, 0.6) is 0 Å². The van der Waals surface area contributed by atoms with Crippen LogP contribution in [0.2, 0.25) is 5.15 Å². The minimum Gasteiger partial charge on any atom is -0.222 e. The van der Waals surface area contributed by atoms with Gasteiger partial charge in [0, 0.05) is 0 Å². The largest absolute Gasteiger partial charge is 0.222 e. The maximum atomic E-state index is 13.2. The van der Waals surface area contributed by atoms with E-state index in [-0.39, 0.29) is 10.5 Å². The molecular weight excluding hydrogens is 258 g/mol. The molecular formula is C8H3BrClFN2. The lowest BCUT2D eigenvalue weighted by molar-refractivity contribution is 0.639. The predicted molar refractivity (Wildman–Crippen MR) is 52.2 cm³/mol. The molecule has 0 aliphatic rings. The monoisotopic (exact) mass is 260 g/mol. The lowest BCUT2D eigenvalue weighted by atomic mass is 10.2. The molecule has 0 aliphatic carbocycles. The molecule has 0 atom stereocenters. The Hall–Kier alpha value is -0.740. The topological polar surface area (TPSA) is 25.8 Å². The van der Waals surface area contributed by atoms with Crippen molar-refractivity contribution in [1.29, 1.82) is 0 Å². The number of rotatable bonds is 0. The Morgan fingerprint density at radius 3 is 2.85 bits per heavy atom. The van der Waals surface area contributed by atoms with Crippen molar-refractivity contribution in [1.82, 2.24) is 9.97 Å². The molecule has 1 heterocycles. The Kier molecular flexibility index (Phi) is 2.17. The molecule has 1 aromatic carbocycles. The van der Waals surface area contributed by atoms with Gasteiger partial charge in [-0.15, -0.1) is 0 Å². The van der Waals surface area contributed by atoms with Gasteiger partial charge in [0.05, 0.1) is 10.9 Å². The first-order valence-corrected chi connectivity index (χ1v) is 4.63. The number of aromatic nitrogens is 2. The van der Waals surface area contributed by atoms with E-state index in [4.69, 9.17) is 11.6 Å². The summed E-state index contributed by atoms with van der Waals surface area (Å²) in [6.45, 7) is 0. The van der Waals surface area contributed by atoms with E-state index in [1.807, 2.05) is 0 Å². The number of hydrogen-bond donors (Lipinski definition) is 0. The minimum absolute atomic E-state index is 0.120. The zero-order valence-electron chi connectivity index (χ0n) is 6.26. The third-order valence-electron chi connectivity index (χ3n) is 1.60. The van der Waals surface area contributed by atoms with E-state index >= 15 is 0 Å². The molecule has 0 aliphatic heterocycles. The Bertz CT molecular complexity index is 475. The Morgan fingerprint density at radius 1 is 1.31 bits per heavy atom. The normalized spacial score (nSPS) is 10.7. The highest BCUT2D eigenvalue weighted by atomic mass is 79.9. The molecule has 0 saturated heterocycles. The van der Waals surface area contributed by atoms with E-state index in [9.17, 15) is 4.39 Å². The van der Waals surface area contributed by atoms with Crippen LogP contribution in [0, 0.1) is 5.82 Å². The van der Waals surface area contributed by atoms with Crippen molar-refractivity contribution >= 4 is 38.4 Å². The van der Waals surface area contributed by atoms with Gasteiger partial charge in [0.2, 0.25) is 0 Å². The molecule has 0 spiro atoms.